The van der Waals surface area contributed by atoms with Crippen LogP contribution in [-0.4, -0.2) is 19.9 Å². The summed E-state index contributed by atoms with van der Waals surface area (Å²) in [5, 5.41) is 4.15. The minimum absolute atomic E-state index is 0.705. The molecular weight excluding hydrogens is 269 g/mol. The van der Waals surface area contributed by atoms with Crippen molar-refractivity contribution in [2.75, 3.05) is 6.61 Å². The van der Waals surface area contributed by atoms with Crippen LogP contribution in [0.4, 0.5) is 0 Å². The normalized spacial score (nSPS) is 11.9. The van der Waals surface area contributed by atoms with Gasteiger partial charge in [0.2, 0.25) is 0 Å². The number of rotatable bonds is 7. The standard InChI is InChI=1S/C15H24GeO/c1-4-16(5-2,6-3)13-10-14-17-15-11-8-7-9-12-15/h7-13H,4-6,14H2,1-3H3/b13-10+. The zero-order chi connectivity index (χ0) is 12.6. The van der Waals surface area contributed by atoms with E-state index in [1.54, 1.807) is 0 Å². The van der Waals surface area contributed by atoms with E-state index in [4.69, 9.17) is 4.74 Å². The molecule has 17 heavy (non-hydrogen) atoms. The maximum absolute atomic E-state index is 5.68. The summed E-state index contributed by atoms with van der Waals surface area (Å²) in [7, 11) is 0. The van der Waals surface area contributed by atoms with Gasteiger partial charge in [-0.05, 0) is 0 Å². The second kappa shape index (κ2) is 7.59. The number of hydrogen-bond donors (Lipinski definition) is 0. The van der Waals surface area contributed by atoms with E-state index in [2.05, 4.69) is 31.8 Å². The van der Waals surface area contributed by atoms with Gasteiger partial charge in [0, 0.05) is 0 Å². The Kier molecular flexibility index (Phi) is 6.42. The number of benzene rings is 1. The van der Waals surface area contributed by atoms with E-state index in [9.17, 15) is 0 Å². The van der Waals surface area contributed by atoms with Gasteiger partial charge in [-0.25, -0.2) is 0 Å². The Morgan fingerprint density at radius 1 is 1.00 bits per heavy atom. The molecule has 1 rings (SSSR count). The van der Waals surface area contributed by atoms with Crippen molar-refractivity contribution >= 4 is 13.3 Å². The minimum atomic E-state index is -1.63. The molecule has 0 aliphatic heterocycles. The van der Waals surface area contributed by atoms with E-state index in [1.165, 1.54) is 15.8 Å². The Hall–Kier alpha value is -0.697. The fraction of sp³-hybridized carbons (Fsp3) is 0.467. The topological polar surface area (TPSA) is 9.23 Å². The first-order chi connectivity index (χ1) is 8.26. The zero-order valence-corrected chi connectivity index (χ0v) is 13.4. The van der Waals surface area contributed by atoms with E-state index in [0.717, 1.165) is 5.75 Å². The van der Waals surface area contributed by atoms with E-state index in [0.29, 0.717) is 6.61 Å². The number of hydrogen-bond acceptors (Lipinski definition) is 1. The van der Waals surface area contributed by atoms with Gasteiger partial charge < -0.3 is 0 Å². The van der Waals surface area contributed by atoms with Crippen LogP contribution < -0.4 is 4.74 Å². The summed E-state index contributed by atoms with van der Waals surface area (Å²) in [5.74, 6) is 0.958. The van der Waals surface area contributed by atoms with Crippen LogP contribution in [0.25, 0.3) is 0 Å². The summed E-state index contributed by atoms with van der Waals surface area (Å²) in [6.07, 6.45) is 2.24. The summed E-state index contributed by atoms with van der Waals surface area (Å²) in [6, 6.07) is 10.0. The van der Waals surface area contributed by atoms with Crippen LogP contribution in [0.3, 0.4) is 0 Å². The van der Waals surface area contributed by atoms with Crippen molar-refractivity contribution < 1.29 is 4.74 Å². The summed E-state index contributed by atoms with van der Waals surface area (Å²) < 4.78 is 5.68. The molecule has 0 amide bonds. The summed E-state index contributed by atoms with van der Waals surface area (Å²) in [4.78, 5) is 2.52. The van der Waals surface area contributed by atoms with Crippen LogP contribution >= 0.6 is 0 Å². The summed E-state index contributed by atoms with van der Waals surface area (Å²) >= 11 is -1.63. The fourth-order valence-electron chi connectivity index (χ4n) is 2.06. The summed E-state index contributed by atoms with van der Waals surface area (Å²) in [6.45, 7) is 7.73. The van der Waals surface area contributed by atoms with Gasteiger partial charge in [0.1, 0.15) is 0 Å². The van der Waals surface area contributed by atoms with E-state index in [1.807, 2.05) is 30.3 Å². The first-order valence-electron chi connectivity index (χ1n) is 6.62. The van der Waals surface area contributed by atoms with Crippen LogP contribution in [-0.2, 0) is 0 Å². The van der Waals surface area contributed by atoms with Gasteiger partial charge in [0.15, 0.2) is 0 Å². The molecule has 0 aromatic heterocycles. The van der Waals surface area contributed by atoms with Crippen LogP contribution in [0.15, 0.2) is 41.3 Å². The number of para-hydroxylation sites is 1. The van der Waals surface area contributed by atoms with Gasteiger partial charge >= 0.3 is 108 Å². The van der Waals surface area contributed by atoms with Gasteiger partial charge in [-0.3, -0.25) is 0 Å². The van der Waals surface area contributed by atoms with Crippen molar-refractivity contribution in [2.45, 2.75) is 36.5 Å². The average Bonchev–Trinajstić information content (AvgIpc) is 2.41. The van der Waals surface area contributed by atoms with Crippen LogP contribution in [0.2, 0.25) is 15.8 Å². The second-order valence-corrected chi connectivity index (χ2v) is 15.3. The maximum atomic E-state index is 5.68. The molecule has 1 nitrogen and oxygen atoms in total. The molecule has 0 aliphatic carbocycles. The Morgan fingerprint density at radius 2 is 1.59 bits per heavy atom. The molecule has 0 fully saturated rings. The SMILES string of the molecule is C[CH2][Ge](/[CH]=C/COc1ccccc1)([CH2]C)[CH2]C. The van der Waals surface area contributed by atoms with Gasteiger partial charge in [-0.2, -0.15) is 0 Å². The van der Waals surface area contributed by atoms with Crippen LogP contribution in [0.1, 0.15) is 20.8 Å². The predicted octanol–water partition coefficient (Wildman–Crippen LogP) is 4.67. The van der Waals surface area contributed by atoms with E-state index < -0.39 is 13.3 Å². The zero-order valence-electron chi connectivity index (χ0n) is 11.3. The van der Waals surface area contributed by atoms with E-state index >= 15 is 0 Å². The molecule has 0 N–H and O–H groups in total. The van der Waals surface area contributed by atoms with Gasteiger partial charge in [-0.1, -0.05) is 0 Å². The molecular formula is C15H24GeO. The molecule has 0 bridgehead atoms. The monoisotopic (exact) mass is 294 g/mol. The van der Waals surface area contributed by atoms with Gasteiger partial charge in [0.25, 0.3) is 0 Å². The van der Waals surface area contributed by atoms with Crippen molar-refractivity contribution in [3.63, 3.8) is 0 Å². The molecule has 0 unspecified atom stereocenters. The van der Waals surface area contributed by atoms with Gasteiger partial charge in [0.05, 0.1) is 0 Å². The average molecular weight is 293 g/mol. The van der Waals surface area contributed by atoms with Crippen molar-refractivity contribution in [3.05, 3.63) is 41.3 Å². The molecule has 0 spiro atoms. The number of ether oxygens (including phenoxy) is 1. The fourth-order valence-corrected chi connectivity index (χ4v) is 7.94. The molecule has 1 aromatic rings. The molecule has 0 aliphatic rings. The van der Waals surface area contributed by atoms with Gasteiger partial charge in [-0.15, -0.1) is 0 Å². The first-order valence-corrected chi connectivity index (χ1v) is 12.3. The second-order valence-electron chi connectivity index (χ2n) is 4.45. The van der Waals surface area contributed by atoms with Crippen molar-refractivity contribution in [1.29, 1.82) is 0 Å². The first kappa shape index (κ1) is 14.4. The molecule has 94 valence electrons. The molecule has 0 saturated heterocycles. The Labute approximate surface area is 108 Å². The molecule has 0 radical (unpaired) electrons. The van der Waals surface area contributed by atoms with Crippen LogP contribution in [0, 0.1) is 0 Å². The van der Waals surface area contributed by atoms with Crippen molar-refractivity contribution in [3.8, 4) is 5.75 Å². The Morgan fingerprint density at radius 3 is 2.12 bits per heavy atom. The molecule has 0 atom stereocenters. The van der Waals surface area contributed by atoms with Crippen molar-refractivity contribution in [2.24, 2.45) is 0 Å². The molecule has 2 heteroatoms. The van der Waals surface area contributed by atoms with Crippen molar-refractivity contribution in [1.82, 2.24) is 0 Å². The summed E-state index contributed by atoms with van der Waals surface area (Å²) in [5.41, 5.74) is 0. The van der Waals surface area contributed by atoms with Crippen LogP contribution in [0.5, 0.6) is 5.75 Å². The third-order valence-electron chi connectivity index (χ3n) is 3.67. The predicted molar refractivity (Wildman–Crippen MR) is 78.3 cm³/mol. The quantitative estimate of drug-likeness (QED) is 0.664. The third kappa shape index (κ3) is 4.59. The Bertz CT molecular complexity index is 320. The Balaban J connectivity index is 2.44. The third-order valence-corrected chi connectivity index (χ3v) is 14.5. The van der Waals surface area contributed by atoms with E-state index in [-0.39, 0.29) is 0 Å². The molecule has 0 heterocycles. The molecule has 1 aromatic carbocycles. The molecule has 0 saturated carbocycles.